The highest BCUT2D eigenvalue weighted by Crippen LogP contribution is 2.10. The van der Waals surface area contributed by atoms with Crippen LogP contribution >= 0.6 is 0 Å². The lowest BCUT2D eigenvalue weighted by atomic mass is 10.3. The van der Waals surface area contributed by atoms with E-state index in [-0.39, 0.29) is 19.3 Å². The molecule has 1 aromatic rings. The molecule has 1 aromatic heterocycles. The van der Waals surface area contributed by atoms with E-state index in [1.54, 1.807) is 6.07 Å². The second-order valence-electron chi connectivity index (χ2n) is 3.05. The summed E-state index contributed by atoms with van der Waals surface area (Å²) in [4.78, 5) is 4.13. The fraction of sp³-hybridized carbons (Fsp3) is 0.500. The SMILES string of the molecule is Cc1cccc(OC(CO)CCO)n1. The highest BCUT2D eigenvalue weighted by atomic mass is 16.5. The van der Waals surface area contributed by atoms with Crippen LogP contribution in [0.25, 0.3) is 0 Å². The van der Waals surface area contributed by atoms with Gasteiger partial charge >= 0.3 is 0 Å². The lowest BCUT2D eigenvalue weighted by Crippen LogP contribution is -2.22. The number of rotatable bonds is 5. The second kappa shape index (κ2) is 5.57. The van der Waals surface area contributed by atoms with Gasteiger partial charge in [-0.1, -0.05) is 6.07 Å². The molecule has 0 aromatic carbocycles. The van der Waals surface area contributed by atoms with E-state index in [0.29, 0.717) is 12.3 Å². The standard InChI is InChI=1S/C10H15NO3/c1-8-3-2-4-10(11-8)14-9(7-13)5-6-12/h2-4,9,12-13H,5-7H2,1H3. The fourth-order valence-electron chi connectivity index (χ4n) is 1.09. The Bertz CT molecular complexity index is 278. The van der Waals surface area contributed by atoms with Crippen molar-refractivity contribution in [3.8, 4) is 5.88 Å². The average molecular weight is 197 g/mol. The van der Waals surface area contributed by atoms with Crippen molar-refractivity contribution in [3.63, 3.8) is 0 Å². The molecule has 14 heavy (non-hydrogen) atoms. The minimum atomic E-state index is -0.380. The van der Waals surface area contributed by atoms with Gasteiger partial charge in [-0.2, -0.15) is 0 Å². The van der Waals surface area contributed by atoms with Gasteiger partial charge < -0.3 is 14.9 Å². The molecule has 4 heteroatoms. The van der Waals surface area contributed by atoms with E-state index in [4.69, 9.17) is 14.9 Å². The number of nitrogens with zero attached hydrogens (tertiary/aromatic N) is 1. The summed E-state index contributed by atoms with van der Waals surface area (Å²) in [6.07, 6.45) is 0.0286. The Morgan fingerprint density at radius 2 is 2.21 bits per heavy atom. The molecule has 0 saturated heterocycles. The normalized spacial score (nSPS) is 12.5. The first kappa shape index (κ1) is 10.9. The van der Waals surface area contributed by atoms with Crippen molar-refractivity contribution in [2.45, 2.75) is 19.4 Å². The van der Waals surface area contributed by atoms with Gasteiger partial charge in [0.2, 0.25) is 5.88 Å². The first-order valence-corrected chi connectivity index (χ1v) is 4.58. The quantitative estimate of drug-likeness (QED) is 0.722. The molecule has 0 aliphatic carbocycles. The number of hydrogen-bond donors (Lipinski definition) is 2. The molecule has 0 aliphatic rings. The van der Waals surface area contributed by atoms with E-state index in [0.717, 1.165) is 5.69 Å². The second-order valence-corrected chi connectivity index (χ2v) is 3.05. The van der Waals surface area contributed by atoms with Crippen LogP contribution in [0.4, 0.5) is 0 Å². The third-order valence-corrected chi connectivity index (χ3v) is 1.80. The molecule has 0 bridgehead atoms. The third kappa shape index (κ3) is 3.32. The van der Waals surface area contributed by atoms with Crippen LogP contribution in [-0.4, -0.2) is 34.5 Å². The molecule has 0 aliphatic heterocycles. The minimum absolute atomic E-state index is 0.00293. The predicted molar refractivity (Wildman–Crippen MR) is 52.2 cm³/mol. The Labute approximate surface area is 83.2 Å². The maximum absolute atomic E-state index is 8.92. The van der Waals surface area contributed by atoms with Crippen LogP contribution in [0.5, 0.6) is 5.88 Å². The van der Waals surface area contributed by atoms with Crippen molar-refractivity contribution in [2.75, 3.05) is 13.2 Å². The molecular formula is C10H15NO3. The van der Waals surface area contributed by atoms with E-state index >= 15 is 0 Å². The van der Waals surface area contributed by atoms with Crippen LogP contribution in [-0.2, 0) is 0 Å². The van der Waals surface area contributed by atoms with E-state index in [1.165, 1.54) is 0 Å². The van der Waals surface area contributed by atoms with Gasteiger partial charge in [-0.25, -0.2) is 4.98 Å². The minimum Gasteiger partial charge on any atom is -0.472 e. The molecule has 1 heterocycles. The number of aliphatic hydroxyl groups excluding tert-OH is 2. The molecule has 1 unspecified atom stereocenters. The smallest absolute Gasteiger partial charge is 0.213 e. The van der Waals surface area contributed by atoms with E-state index in [9.17, 15) is 0 Å². The van der Waals surface area contributed by atoms with Crippen molar-refractivity contribution in [2.24, 2.45) is 0 Å². The first-order valence-electron chi connectivity index (χ1n) is 4.58. The summed E-state index contributed by atoms with van der Waals surface area (Å²) in [7, 11) is 0. The Balaban J connectivity index is 2.57. The topological polar surface area (TPSA) is 62.6 Å². The van der Waals surface area contributed by atoms with Gasteiger partial charge in [0.15, 0.2) is 0 Å². The van der Waals surface area contributed by atoms with Crippen molar-refractivity contribution < 1.29 is 14.9 Å². The Kier molecular flexibility index (Phi) is 4.35. The van der Waals surface area contributed by atoms with Crippen LogP contribution in [0.1, 0.15) is 12.1 Å². The highest BCUT2D eigenvalue weighted by molar-refractivity contribution is 5.14. The Hall–Kier alpha value is -1.13. The van der Waals surface area contributed by atoms with Crippen LogP contribution in [0.2, 0.25) is 0 Å². The maximum atomic E-state index is 8.92. The molecule has 0 spiro atoms. The van der Waals surface area contributed by atoms with Gasteiger partial charge in [-0.3, -0.25) is 0 Å². The Morgan fingerprint density at radius 1 is 1.43 bits per heavy atom. The van der Waals surface area contributed by atoms with Crippen molar-refractivity contribution in [1.82, 2.24) is 4.98 Å². The van der Waals surface area contributed by atoms with Crippen LogP contribution in [0, 0.1) is 6.92 Å². The molecule has 0 amide bonds. The average Bonchev–Trinajstić information content (AvgIpc) is 2.17. The van der Waals surface area contributed by atoms with Crippen molar-refractivity contribution >= 4 is 0 Å². The number of pyridine rings is 1. The Morgan fingerprint density at radius 3 is 2.79 bits per heavy atom. The summed E-state index contributed by atoms with van der Waals surface area (Å²) in [5, 5.41) is 17.6. The summed E-state index contributed by atoms with van der Waals surface area (Å²) in [6, 6.07) is 5.44. The predicted octanol–water partition coefficient (Wildman–Crippen LogP) is 0.512. The van der Waals surface area contributed by atoms with Gasteiger partial charge in [-0.05, 0) is 13.0 Å². The molecule has 78 valence electrons. The fourth-order valence-corrected chi connectivity index (χ4v) is 1.09. The molecule has 1 atom stereocenters. The van der Waals surface area contributed by atoms with Gasteiger partial charge in [0.1, 0.15) is 6.10 Å². The molecule has 2 N–H and O–H groups in total. The molecule has 0 radical (unpaired) electrons. The van der Waals surface area contributed by atoms with Gasteiger partial charge in [0.25, 0.3) is 0 Å². The van der Waals surface area contributed by atoms with E-state index in [1.807, 2.05) is 19.1 Å². The zero-order valence-corrected chi connectivity index (χ0v) is 8.18. The first-order chi connectivity index (χ1) is 6.76. The van der Waals surface area contributed by atoms with E-state index in [2.05, 4.69) is 4.98 Å². The number of aromatic nitrogens is 1. The molecule has 0 saturated carbocycles. The van der Waals surface area contributed by atoms with Gasteiger partial charge in [0, 0.05) is 24.8 Å². The summed E-state index contributed by atoms with van der Waals surface area (Å²) in [5.41, 5.74) is 0.864. The summed E-state index contributed by atoms with van der Waals surface area (Å²) in [6.45, 7) is 1.75. The summed E-state index contributed by atoms with van der Waals surface area (Å²) >= 11 is 0. The van der Waals surface area contributed by atoms with Gasteiger partial charge in [-0.15, -0.1) is 0 Å². The van der Waals surface area contributed by atoms with Crippen molar-refractivity contribution in [1.29, 1.82) is 0 Å². The largest absolute Gasteiger partial charge is 0.472 e. The van der Waals surface area contributed by atoms with E-state index < -0.39 is 0 Å². The molecular weight excluding hydrogens is 182 g/mol. The summed E-state index contributed by atoms with van der Waals surface area (Å²) in [5.74, 6) is 0.484. The maximum Gasteiger partial charge on any atom is 0.213 e. The zero-order valence-electron chi connectivity index (χ0n) is 8.18. The number of aryl methyl sites for hydroxylation is 1. The number of aliphatic hydroxyl groups is 2. The number of ether oxygens (including phenoxy) is 1. The van der Waals surface area contributed by atoms with Crippen molar-refractivity contribution in [3.05, 3.63) is 23.9 Å². The third-order valence-electron chi connectivity index (χ3n) is 1.80. The highest BCUT2D eigenvalue weighted by Gasteiger charge is 2.08. The lowest BCUT2D eigenvalue weighted by molar-refractivity contribution is 0.0868. The zero-order chi connectivity index (χ0) is 10.4. The number of hydrogen-bond acceptors (Lipinski definition) is 4. The van der Waals surface area contributed by atoms with Crippen LogP contribution in [0.3, 0.4) is 0 Å². The van der Waals surface area contributed by atoms with Crippen LogP contribution in [0.15, 0.2) is 18.2 Å². The molecule has 4 nitrogen and oxygen atoms in total. The molecule has 0 fully saturated rings. The lowest BCUT2D eigenvalue weighted by Gasteiger charge is -2.14. The summed E-state index contributed by atoms with van der Waals surface area (Å²) < 4.78 is 5.36. The van der Waals surface area contributed by atoms with Crippen LogP contribution < -0.4 is 4.74 Å². The van der Waals surface area contributed by atoms with Gasteiger partial charge in [0.05, 0.1) is 6.61 Å². The monoisotopic (exact) mass is 197 g/mol. The molecule has 1 rings (SSSR count).